The third-order valence-electron chi connectivity index (χ3n) is 2.70. The van der Waals surface area contributed by atoms with Crippen LogP contribution in [-0.4, -0.2) is 29.8 Å². The molecule has 0 unspecified atom stereocenters. The van der Waals surface area contributed by atoms with Crippen molar-refractivity contribution >= 4 is 17.7 Å². The van der Waals surface area contributed by atoms with Gasteiger partial charge in [-0.3, -0.25) is 4.79 Å². The highest BCUT2D eigenvalue weighted by atomic mass is 32.2. The summed E-state index contributed by atoms with van der Waals surface area (Å²) in [6.45, 7) is 2.95. The van der Waals surface area contributed by atoms with Crippen LogP contribution in [0.1, 0.15) is 17.3 Å². The maximum Gasteiger partial charge on any atom is 0.256 e. The lowest BCUT2D eigenvalue weighted by atomic mass is 10.2. The normalized spacial score (nSPS) is 10.1. The number of nitrogens with one attached hydrogen (secondary N) is 1. The second-order valence-corrected chi connectivity index (χ2v) is 5.37. The summed E-state index contributed by atoms with van der Waals surface area (Å²) in [5.74, 6) is 1.05. The highest BCUT2D eigenvalue weighted by Gasteiger charge is 2.12. The Kier molecular flexibility index (Phi) is 6.09. The van der Waals surface area contributed by atoms with E-state index < -0.39 is 0 Å². The van der Waals surface area contributed by atoms with Gasteiger partial charge in [0.15, 0.2) is 0 Å². The van der Waals surface area contributed by atoms with Crippen molar-refractivity contribution in [2.75, 3.05) is 18.9 Å². The number of benzene rings is 1. The Morgan fingerprint density at radius 2 is 2.05 bits per heavy atom. The molecule has 21 heavy (non-hydrogen) atoms. The number of carbonyl (C=O) groups excluding carboxylic acids is 1. The molecule has 1 amide bonds. The summed E-state index contributed by atoms with van der Waals surface area (Å²) in [7, 11) is 0. The van der Waals surface area contributed by atoms with Gasteiger partial charge in [0, 0.05) is 23.4 Å². The Hall–Kier alpha value is -2.01. The predicted molar refractivity (Wildman–Crippen MR) is 84.9 cm³/mol. The summed E-state index contributed by atoms with van der Waals surface area (Å²) in [6, 6.07) is 13.6. The van der Waals surface area contributed by atoms with Gasteiger partial charge in [0.25, 0.3) is 5.91 Å². The van der Waals surface area contributed by atoms with E-state index in [1.165, 1.54) is 4.90 Å². The maximum absolute atomic E-state index is 12.1. The van der Waals surface area contributed by atoms with Crippen molar-refractivity contribution in [3.8, 4) is 5.88 Å². The number of carbonyl (C=O) groups is 1. The Morgan fingerprint density at radius 3 is 2.81 bits per heavy atom. The molecule has 2 rings (SSSR count). The molecule has 0 aliphatic heterocycles. The average molecular weight is 302 g/mol. The molecule has 0 fully saturated rings. The first kappa shape index (κ1) is 15.4. The number of hydrogen-bond donors (Lipinski definition) is 1. The van der Waals surface area contributed by atoms with Crippen LogP contribution < -0.4 is 10.1 Å². The van der Waals surface area contributed by atoms with E-state index >= 15 is 0 Å². The van der Waals surface area contributed by atoms with Crippen LogP contribution in [0.4, 0.5) is 0 Å². The third-order valence-corrected chi connectivity index (χ3v) is 3.71. The van der Waals surface area contributed by atoms with E-state index in [9.17, 15) is 4.79 Å². The van der Waals surface area contributed by atoms with E-state index in [1.807, 2.05) is 25.1 Å². The summed E-state index contributed by atoms with van der Waals surface area (Å²) < 4.78 is 5.36. The number of ether oxygens (including phenoxy) is 1. The van der Waals surface area contributed by atoms with Crippen LogP contribution in [-0.2, 0) is 0 Å². The second-order valence-electron chi connectivity index (χ2n) is 4.21. The molecule has 0 aliphatic carbocycles. The predicted octanol–water partition coefficient (Wildman–Crippen LogP) is 3.00. The fraction of sp³-hybridized carbons (Fsp3) is 0.250. The number of aromatic nitrogens is 1. The average Bonchev–Trinajstić information content (AvgIpc) is 2.53. The van der Waals surface area contributed by atoms with Gasteiger partial charge in [0.05, 0.1) is 6.61 Å². The molecule has 1 N–H and O–H groups in total. The van der Waals surface area contributed by atoms with Crippen LogP contribution in [0.3, 0.4) is 0 Å². The lowest BCUT2D eigenvalue weighted by molar-refractivity contribution is 0.0951. The van der Waals surface area contributed by atoms with Crippen LogP contribution in [0.5, 0.6) is 5.88 Å². The summed E-state index contributed by atoms with van der Waals surface area (Å²) >= 11 is 1.71. The zero-order valence-corrected chi connectivity index (χ0v) is 12.7. The fourth-order valence-electron chi connectivity index (χ4n) is 1.76. The lowest BCUT2D eigenvalue weighted by Gasteiger charge is -2.09. The molecular formula is C16H18N2O2S. The third kappa shape index (κ3) is 4.79. The van der Waals surface area contributed by atoms with Crippen molar-refractivity contribution in [1.82, 2.24) is 10.3 Å². The topological polar surface area (TPSA) is 51.2 Å². The van der Waals surface area contributed by atoms with Crippen LogP contribution >= 0.6 is 11.8 Å². The number of hydrogen-bond acceptors (Lipinski definition) is 4. The molecule has 0 atom stereocenters. The molecule has 1 aromatic heterocycles. The molecule has 2 aromatic rings. The molecule has 0 bridgehead atoms. The molecular weight excluding hydrogens is 284 g/mol. The Labute approximate surface area is 128 Å². The van der Waals surface area contributed by atoms with E-state index in [0.717, 1.165) is 5.75 Å². The van der Waals surface area contributed by atoms with Crippen molar-refractivity contribution in [3.63, 3.8) is 0 Å². The minimum absolute atomic E-state index is 0.153. The first-order valence-corrected chi connectivity index (χ1v) is 7.83. The Balaban J connectivity index is 1.82. The standard InChI is InChI=1S/C16H18N2O2S/c1-2-20-16-14(9-6-10-18-16)15(19)17-11-12-21-13-7-4-3-5-8-13/h3-10H,2,11-12H2,1H3,(H,17,19). The van der Waals surface area contributed by atoms with Crippen molar-refractivity contribution in [2.45, 2.75) is 11.8 Å². The van der Waals surface area contributed by atoms with Crippen molar-refractivity contribution in [3.05, 3.63) is 54.2 Å². The van der Waals surface area contributed by atoms with E-state index in [-0.39, 0.29) is 5.91 Å². The van der Waals surface area contributed by atoms with Gasteiger partial charge in [-0.1, -0.05) is 18.2 Å². The summed E-state index contributed by atoms with van der Waals surface area (Å²) in [6.07, 6.45) is 1.62. The smallest absolute Gasteiger partial charge is 0.256 e. The lowest BCUT2D eigenvalue weighted by Crippen LogP contribution is -2.26. The minimum Gasteiger partial charge on any atom is -0.477 e. The molecule has 0 saturated carbocycles. The summed E-state index contributed by atoms with van der Waals surface area (Å²) in [4.78, 5) is 17.4. The summed E-state index contributed by atoms with van der Waals surface area (Å²) in [5, 5.41) is 2.89. The van der Waals surface area contributed by atoms with Gasteiger partial charge < -0.3 is 10.1 Å². The van der Waals surface area contributed by atoms with Gasteiger partial charge in [0.2, 0.25) is 5.88 Å². The quantitative estimate of drug-likeness (QED) is 0.631. The molecule has 0 radical (unpaired) electrons. The minimum atomic E-state index is -0.153. The molecule has 5 heteroatoms. The van der Waals surface area contributed by atoms with E-state index in [2.05, 4.69) is 22.4 Å². The van der Waals surface area contributed by atoms with Gasteiger partial charge in [0.1, 0.15) is 5.56 Å². The number of thioether (sulfide) groups is 1. The van der Waals surface area contributed by atoms with Gasteiger partial charge in [-0.2, -0.15) is 0 Å². The zero-order chi connectivity index (χ0) is 14.9. The van der Waals surface area contributed by atoms with Crippen LogP contribution in [0.25, 0.3) is 0 Å². The van der Waals surface area contributed by atoms with Gasteiger partial charge in [-0.05, 0) is 31.2 Å². The maximum atomic E-state index is 12.1. The van der Waals surface area contributed by atoms with Gasteiger partial charge >= 0.3 is 0 Å². The first-order chi connectivity index (χ1) is 10.3. The van der Waals surface area contributed by atoms with Gasteiger partial charge in [-0.25, -0.2) is 4.98 Å². The van der Waals surface area contributed by atoms with Crippen molar-refractivity contribution < 1.29 is 9.53 Å². The van der Waals surface area contributed by atoms with Crippen molar-refractivity contribution in [2.24, 2.45) is 0 Å². The van der Waals surface area contributed by atoms with Gasteiger partial charge in [-0.15, -0.1) is 11.8 Å². The zero-order valence-electron chi connectivity index (χ0n) is 11.9. The highest BCUT2D eigenvalue weighted by Crippen LogP contribution is 2.16. The molecule has 1 aromatic carbocycles. The highest BCUT2D eigenvalue weighted by molar-refractivity contribution is 7.99. The molecule has 0 spiro atoms. The van der Waals surface area contributed by atoms with Crippen LogP contribution in [0.2, 0.25) is 0 Å². The number of pyridine rings is 1. The first-order valence-electron chi connectivity index (χ1n) is 6.85. The van der Waals surface area contributed by atoms with E-state index in [0.29, 0.717) is 24.6 Å². The largest absolute Gasteiger partial charge is 0.477 e. The van der Waals surface area contributed by atoms with Crippen LogP contribution in [0, 0.1) is 0 Å². The van der Waals surface area contributed by atoms with Crippen molar-refractivity contribution in [1.29, 1.82) is 0 Å². The SMILES string of the molecule is CCOc1ncccc1C(=O)NCCSc1ccccc1. The molecule has 0 aliphatic rings. The number of rotatable bonds is 7. The number of nitrogens with zero attached hydrogens (tertiary/aromatic N) is 1. The second kappa shape index (κ2) is 8.32. The molecule has 1 heterocycles. The monoisotopic (exact) mass is 302 g/mol. The molecule has 110 valence electrons. The Morgan fingerprint density at radius 1 is 1.24 bits per heavy atom. The van der Waals surface area contributed by atoms with E-state index in [1.54, 1.807) is 30.1 Å². The Bertz CT molecular complexity index is 575. The summed E-state index contributed by atoms with van der Waals surface area (Å²) in [5.41, 5.74) is 0.476. The van der Waals surface area contributed by atoms with E-state index in [4.69, 9.17) is 4.74 Å². The number of amides is 1. The molecule has 0 saturated heterocycles. The molecule has 4 nitrogen and oxygen atoms in total. The van der Waals surface area contributed by atoms with Crippen LogP contribution in [0.15, 0.2) is 53.6 Å². The fourth-order valence-corrected chi connectivity index (χ4v) is 2.55.